The molecule has 78 valence electrons. The maximum absolute atomic E-state index is 11.4. The summed E-state index contributed by atoms with van der Waals surface area (Å²) in [4.78, 5) is 11.4. The van der Waals surface area contributed by atoms with Gasteiger partial charge in [0.1, 0.15) is 11.7 Å². The van der Waals surface area contributed by atoms with E-state index in [2.05, 4.69) is 5.32 Å². The summed E-state index contributed by atoms with van der Waals surface area (Å²) in [5.74, 6) is -0.306. The summed E-state index contributed by atoms with van der Waals surface area (Å²) >= 11 is 0. The van der Waals surface area contributed by atoms with Gasteiger partial charge in [0.05, 0.1) is 13.2 Å². The van der Waals surface area contributed by atoms with E-state index in [4.69, 9.17) is 10.00 Å². The first-order valence-electron chi connectivity index (χ1n) is 4.52. The zero-order valence-electron chi connectivity index (χ0n) is 8.65. The van der Waals surface area contributed by atoms with E-state index in [9.17, 15) is 4.79 Å². The molecule has 0 radical (unpaired) electrons. The maximum Gasteiger partial charge on any atom is 0.241 e. The van der Waals surface area contributed by atoms with Gasteiger partial charge in [0.2, 0.25) is 5.91 Å². The van der Waals surface area contributed by atoms with Gasteiger partial charge in [0, 0.05) is 11.8 Å². The quantitative estimate of drug-likeness (QED) is 0.816. The molecule has 4 heteroatoms. The number of hydrogen-bond donors (Lipinski definition) is 1. The molecule has 0 saturated heterocycles. The molecule has 0 spiro atoms. The lowest BCUT2D eigenvalue weighted by Gasteiger charge is -2.07. The van der Waals surface area contributed by atoms with Gasteiger partial charge in [-0.2, -0.15) is 5.26 Å². The molecule has 1 aromatic carbocycles. The number of rotatable bonds is 3. The monoisotopic (exact) mass is 204 g/mol. The van der Waals surface area contributed by atoms with Gasteiger partial charge in [0.25, 0.3) is 0 Å². The van der Waals surface area contributed by atoms with Crippen LogP contribution >= 0.6 is 0 Å². The van der Waals surface area contributed by atoms with E-state index in [0.29, 0.717) is 11.4 Å². The van der Waals surface area contributed by atoms with Crippen LogP contribution < -0.4 is 10.1 Å². The first-order chi connectivity index (χ1) is 7.17. The van der Waals surface area contributed by atoms with Crippen molar-refractivity contribution in [3.63, 3.8) is 0 Å². The minimum absolute atomic E-state index is 0.314. The molecule has 1 aromatic rings. The number of methoxy groups -OCH3 is 1. The predicted octanol–water partition coefficient (Wildman–Crippen LogP) is 1.79. The maximum atomic E-state index is 11.4. The van der Waals surface area contributed by atoms with Crippen molar-refractivity contribution in [1.82, 2.24) is 0 Å². The number of carbonyl (C=O) groups excluding carboxylic acids is 1. The Labute approximate surface area is 88.5 Å². The molecule has 0 fully saturated rings. The van der Waals surface area contributed by atoms with Crippen molar-refractivity contribution in [2.75, 3.05) is 12.4 Å². The second-order valence-corrected chi connectivity index (χ2v) is 3.07. The molecule has 1 atom stereocenters. The highest BCUT2D eigenvalue weighted by atomic mass is 16.5. The van der Waals surface area contributed by atoms with E-state index in [1.165, 1.54) is 0 Å². The molecular weight excluding hydrogens is 192 g/mol. The van der Waals surface area contributed by atoms with Gasteiger partial charge in [-0.3, -0.25) is 4.79 Å². The van der Waals surface area contributed by atoms with Crippen LogP contribution in [0.4, 0.5) is 5.69 Å². The molecule has 15 heavy (non-hydrogen) atoms. The molecule has 0 aromatic heterocycles. The molecule has 0 aliphatic rings. The van der Waals surface area contributed by atoms with Crippen LogP contribution in [0.15, 0.2) is 24.3 Å². The summed E-state index contributed by atoms with van der Waals surface area (Å²) in [6, 6.07) is 8.86. The highest BCUT2D eigenvalue weighted by Crippen LogP contribution is 2.17. The predicted molar refractivity (Wildman–Crippen MR) is 56.4 cm³/mol. The zero-order chi connectivity index (χ0) is 11.3. The van der Waals surface area contributed by atoms with E-state index in [1.807, 2.05) is 6.07 Å². The fraction of sp³-hybridized carbons (Fsp3) is 0.273. The molecule has 0 aliphatic carbocycles. The minimum atomic E-state index is -0.656. The number of carbonyl (C=O) groups is 1. The van der Waals surface area contributed by atoms with Crippen molar-refractivity contribution >= 4 is 11.6 Å². The topological polar surface area (TPSA) is 62.1 Å². The van der Waals surface area contributed by atoms with Crippen molar-refractivity contribution in [1.29, 1.82) is 5.26 Å². The van der Waals surface area contributed by atoms with Crippen LogP contribution in [0.25, 0.3) is 0 Å². The van der Waals surface area contributed by atoms with Crippen LogP contribution in [0.5, 0.6) is 5.75 Å². The smallest absolute Gasteiger partial charge is 0.241 e. The fourth-order valence-corrected chi connectivity index (χ4v) is 1.01. The lowest BCUT2D eigenvalue weighted by atomic mass is 10.2. The molecule has 1 rings (SSSR count). The second-order valence-electron chi connectivity index (χ2n) is 3.07. The number of ether oxygens (including phenoxy) is 1. The molecule has 4 nitrogen and oxygen atoms in total. The summed E-state index contributed by atoms with van der Waals surface area (Å²) in [7, 11) is 1.55. The van der Waals surface area contributed by atoms with Crippen LogP contribution in [-0.2, 0) is 4.79 Å². The summed E-state index contributed by atoms with van der Waals surface area (Å²) in [5, 5.41) is 11.2. The number of anilines is 1. The first kappa shape index (κ1) is 11.1. The van der Waals surface area contributed by atoms with E-state index < -0.39 is 5.92 Å². The Morgan fingerprint density at radius 3 is 2.93 bits per heavy atom. The van der Waals surface area contributed by atoms with Crippen molar-refractivity contribution in [2.24, 2.45) is 5.92 Å². The Balaban J connectivity index is 2.73. The van der Waals surface area contributed by atoms with Crippen LogP contribution in [0.2, 0.25) is 0 Å². The molecular formula is C11H12N2O2. The van der Waals surface area contributed by atoms with Crippen LogP contribution in [0.1, 0.15) is 6.92 Å². The highest BCUT2D eigenvalue weighted by molar-refractivity contribution is 5.93. The van der Waals surface area contributed by atoms with Gasteiger partial charge in [-0.1, -0.05) is 6.07 Å². The first-order valence-corrected chi connectivity index (χ1v) is 4.52. The number of nitriles is 1. The van der Waals surface area contributed by atoms with E-state index in [0.717, 1.165) is 0 Å². The third kappa shape index (κ3) is 2.99. The van der Waals surface area contributed by atoms with Crippen molar-refractivity contribution < 1.29 is 9.53 Å². The Hall–Kier alpha value is -2.02. The van der Waals surface area contributed by atoms with Crippen LogP contribution in [0.3, 0.4) is 0 Å². The standard InChI is InChI=1S/C11H12N2O2/c1-8(7-12)11(14)13-9-4-3-5-10(6-9)15-2/h3-6,8H,1-2H3,(H,13,14). The Morgan fingerprint density at radius 1 is 1.60 bits per heavy atom. The normalized spacial score (nSPS) is 11.3. The number of benzene rings is 1. The van der Waals surface area contributed by atoms with E-state index in [-0.39, 0.29) is 5.91 Å². The van der Waals surface area contributed by atoms with Gasteiger partial charge in [-0.25, -0.2) is 0 Å². The summed E-state index contributed by atoms with van der Waals surface area (Å²) in [5.41, 5.74) is 0.626. The molecule has 0 heterocycles. The molecule has 1 N–H and O–H groups in total. The molecule has 0 saturated carbocycles. The summed E-state index contributed by atoms with van der Waals surface area (Å²) in [6.07, 6.45) is 0. The summed E-state index contributed by atoms with van der Waals surface area (Å²) < 4.78 is 5.01. The van der Waals surface area contributed by atoms with Gasteiger partial charge in [-0.15, -0.1) is 0 Å². The SMILES string of the molecule is COc1cccc(NC(=O)C(C)C#N)c1. The minimum Gasteiger partial charge on any atom is -0.497 e. The number of amides is 1. The van der Waals surface area contributed by atoms with Gasteiger partial charge < -0.3 is 10.1 Å². The van der Waals surface area contributed by atoms with E-state index in [1.54, 1.807) is 38.3 Å². The molecule has 0 aliphatic heterocycles. The Morgan fingerprint density at radius 2 is 2.33 bits per heavy atom. The van der Waals surface area contributed by atoms with Gasteiger partial charge in [-0.05, 0) is 19.1 Å². The third-order valence-corrected chi connectivity index (χ3v) is 1.92. The molecule has 1 unspecified atom stereocenters. The van der Waals surface area contributed by atoms with Crippen molar-refractivity contribution in [3.05, 3.63) is 24.3 Å². The lowest BCUT2D eigenvalue weighted by Crippen LogP contribution is -2.18. The second kappa shape index (κ2) is 5.01. The van der Waals surface area contributed by atoms with Crippen molar-refractivity contribution in [3.8, 4) is 11.8 Å². The number of nitrogens with zero attached hydrogens (tertiary/aromatic N) is 1. The average Bonchev–Trinajstić information content (AvgIpc) is 2.28. The van der Waals surface area contributed by atoms with Crippen LogP contribution in [-0.4, -0.2) is 13.0 Å². The Bertz CT molecular complexity index is 396. The number of nitrogens with one attached hydrogen (secondary N) is 1. The van der Waals surface area contributed by atoms with Gasteiger partial charge >= 0.3 is 0 Å². The number of hydrogen-bond acceptors (Lipinski definition) is 3. The summed E-state index contributed by atoms with van der Waals surface area (Å²) in [6.45, 7) is 1.55. The fourth-order valence-electron chi connectivity index (χ4n) is 1.01. The molecule has 1 amide bonds. The van der Waals surface area contributed by atoms with Crippen molar-refractivity contribution in [2.45, 2.75) is 6.92 Å². The lowest BCUT2D eigenvalue weighted by molar-refractivity contribution is -0.117. The average molecular weight is 204 g/mol. The highest BCUT2D eigenvalue weighted by Gasteiger charge is 2.11. The third-order valence-electron chi connectivity index (χ3n) is 1.92. The molecule has 0 bridgehead atoms. The van der Waals surface area contributed by atoms with E-state index >= 15 is 0 Å². The Kier molecular flexibility index (Phi) is 3.69. The largest absolute Gasteiger partial charge is 0.497 e. The zero-order valence-corrected chi connectivity index (χ0v) is 8.65. The van der Waals surface area contributed by atoms with Gasteiger partial charge in [0.15, 0.2) is 0 Å². The van der Waals surface area contributed by atoms with Crippen LogP contribution in [0, 0.1) is 17.2 Å².